The second kappa shape index (κ2) is 5.68. The van der Waals surface area contributed by atoms with Gasteiger partial charge in [0.2, 0.25) is 0 Å². The summed E-state index contributed by atoms with van der Waals surface area (Å²) in [5.41, 5.74) is 0.00318. The van der Waals surface area contributed by atoms with Gasteiger partial charge in [-0.1, -0.05) is 20.8 Å². The number of hydrogen-bond acceptors (Lipinski definition) is 2. The summed E-state index contributed by atoms with van der Waals surface area (Å²) in [6.45, 7) is 6.15. The average molecular weight is 284 g/mol. The Labute approximate surface area is 119 Å². The standard InChI is InChI=1S/C16H22F2O2/c1-16(2,3)15-13(18)7-11(17)8-14(15)20-9-10-5-12(6-10)19-4/h7-8,10,12H,5-6,9H2,1-4H3. The molecule has 0 bridgehead atoms. The van der Waals surface area contributed by atoms with Crippen LogP contribution in [-0.4, -0.2) is 19.8 Å². The van der Waals surface area contributed by atoms with E-state index in [4.69, 9.17) is 9.47 Å². The second-order valence-electron chi connectivity index (χ2n) is 6.52. The summed E-state index contributed by atoms with van der Waals surface area (Å²) in [6.07, 6.45) is 2.19. The van der Waals surface area contributed by atoms with Gasteiger partial charge in [-0.2, -0.15) is 0 Å². The number of halogens is 2. The molecule has 2 rings (SSSR count). The predicted octanol–water partition coefficient (Wildman–Crippen LogP) is 4.07. The Morgan fingerprint density at radius 3 is 2.40 bits per heavy atom. The summed E-state index contributed by atoms with van der Waals surface area (Å²) >= 11 is 0. The molecular weight excluding hydrogens is 262 g/mol. The van der Waals surface area contributed by atoms with E-state index in [1.165, 1.54) is 6.07 Å². The van der Waals surface area contributed by atoms with Gasteiger partial charge in [-0.3, -0.25) is 0 Å². The van der Waals surface area contributed by atoms with E-state index in [1.54, 1.807) is 7.11 Å². The number of ether oxygens (including phenoxy) is 2. The van der Waals surface area contributed by atoms with Gasteiger partial charge in [0.1, 0.15) is 17.4 Å². The molecule has 1 aliphatic rings. The fraction of sp³-hybridized carbons (Fsp3) is 0.625. The van der Waals surface area contributed by atoms with Crippen molar-refractivity contribution < 1.29 is 18.3 Å². The Morgan fingerprint density at radius 2 is 1.85 bits per heavy atom. The molecule has 1 aromatic rings. The lowest BCUT2D eigenvalue weighted by Gasteiger charge is -2.34. The van der Waals surface area contributed by atoms with Crippen LogP contribution in [-0.2, 0) is 10.2 Å². The summed E-state index contributed by atoms with van der Waals surface area (Å²) < 4.78 is 38.3. The van der Waals surface area contributed by atoms with Gasteiger partial charge in [-0.15, -0.1) is 0 Å². The largest absolute Gasteiger partial charge is 0.493 e. The number of methoxy groups -OCH3 is 1. The fourth-order valence-corrected chi connectivity index (χ4v) is 2.60. The molecule has 0 N–H and O–H groups in total. The van der Waals surface area contributed by atoms with Crippen LogP contribution in [0.3, 0.4) is 0 Å². The Balaban J connectivity index is 2.10. The zero-order valence-electron chi connectivity index (χ0n) is 12.5. The molecule has 0 unspecified atom stereocenters. The van der Waals surface area contributed by atoms with Crippen LogP contribution in [0.5, 0.6) is 5.75 Å². The van der Waals surface area contributed by atoms with Gasteiger partial charge < -0.3 is 9.47 Å². The van der Waals surface area contributed by atoms with Crippen molar-refractivity contribution in [2.45, 2.75) is 45.1 Å². The lowest BCUT2D eigenvalue weighted by atomic mass is 9.83. The van der Waals surface area contributed by atoms with Crippen molar-refractivity contribution in [2.24, 2.45) is 5.92 Å². The summed E-state index contributed by atoms with van der Waals surface area (Å²) in [6, 6.07) is 2.19. The number of benzene rings is 1. The molecule has 1 fully saturated rings. The first-order chi connectivity index (χ1) is 9.31. The number of rotatable bonds is 4. The quantitative estimate of drug-likeness (QED) is 0.830. The molecule has 0 atom stereocenters. The molecule has 0 aromatic heterocycles. The number of hydrogen-bond donors (Lipinski definition) is 0. The average Bonchev–Trinajstić information content (AvgIpc) is 2.24. The topological polar surface area (TPSA) is 18.5 Å². The third kappa shape index (κ3) is 3.29. The zero-order chi connectivity index (χ0) is 14.9. The third-order valence-corrected chi connectivity index (χ3v) is 3.77. The smallest absolute Gasteiger partial charge is 0.133 e. The van der Waals surface area contributed by atoms with Crippen LogP contribution in [0.15, 0.2) is 12.1 Å². The van der Waals surface area contributed by atoms with Gasteiger partial charge in [-0.25, -0.2) is 8.78 Å². The van der Waals surface area contributed by atoms with Crippen LogP contribution in [0, 0.1) is 17.6 Å². The van der Waals surface area contributed by atoms with Crippen molar-refractivity contribution >= 4 is 0 Å². The summed E-state index contributed by atoms with van der Waals surface area (Å²) in [4.78, 5) is 0. The van der Waals surface area contributed by atoms with Gasteiger partial charge in [0, 0.05) is 24.8 Å². The SMILES string of the molecule is COC1CC(COc2cc(F)cc(F)c2C(C)(C)C)C1. The van der Waals surface area contributed by atoms with Crippen LogP contribution < -0.4 is 4.74 Å². The molecule has 0 amide bonds. The van der Waals surface area contributed by atoms with Gasteiger partial charge >= 0.3 is 0 Å². The van der Waals surface area contributed by atoms with E-state index in [0.29, 0.717) is 29.9 Å². The molecule has 1 aromatic carbocycles. The van der Waals surface area contributed by atoms with E-state index in [1.807, 2.05) is 20.8 Å². The van der Waals surface area contributed by atoms with Crippen LogP contribution in [0.1, 0.15) is 39.2 Å². The van der Waals surface area contributed by atoms with E-state index in [2.05, 4.69) is 0 Å². The van der Waals surface area contributed by atoms with Crippen molar-refractivity contribution in [1.82, 2.24) is 0 Å². The third-order valence-electron chi connectivity index (χ3n) is 3.77. The molecule has 0 spiro atoms. The molecule has 0 radical (unpaired) electrons. The summed E-state index contributed by atoms with van der Waals surface area (Å²) in [5.74, 6) is -0.431. The lowest BCUT2D eigenvalue weighted by Crippen LogP contribution is -2.34. The maximum absolute atomic E-state index is 14.0. The predicted molar refractivity (Wildman–Crippen MR) is 74.1 cm³/mol. The van der Waals surface area contributed by atoms with Gasteiger partial charge in [0.05, 0.1) is 12.7 Å². The summed E-state index contributed by atoms with van der Waals surface area (Å²) in [5, 5.41) is 0. The molecule has 2 nitrogen and oxygen atoms in total. The first-order valence-electron chi connectivity index (χ1n) is 6.96. The Kier molecular flexibility index (Phi) is 4.33. The van der Waals surface area contributed by atoms with Crippen molar-refractivity contribution in [2.75, 3.05) is 13.7 Å². The normalized spacial score (nSPS) is 22.5. The molecule has 0 saturated heterocycles. The molecule has 4 heteroatoms. The minimum absolute atomic E-state index is 0.301. The highest BCUT2D eigenvalue weighted by atomic mass is 19.1. The minimum atomic E-state index is -0.603. The zero-order valence-corrected chi connectivity index (χ0v) is 12.5. The van der Waals surface area contributed by atoms with E-state index >= 15 is 0 Å². The van der Waals surface area contributed by atoms with Crippen LogP contribution in [0.4, 0.5) is 8.78 Å². The van der Waals surface area contributed by atoms with Crippen molar-refractivity contribution in [3.05, 3.63) is 29.3 Å². The minimum Gasteiger partial charge on any atom is -0.493 e. The van der Waals surface area contributed by atoms with Gasteiger partial charge in [-0.05, 0) is 24.2 Å². The highest BCUT2D eigenvalue weighted by molar-refractivity contribution is 5.40. The van der Waals surface area contributed by atoms with E-state index < -0.39 is 17.0 Å². The molecular formula is C16H22F2O2. The van der Waals surface area contributed by atoms with E-state index in [-0.39, 0.29) is 0 Å². The summed E-state index contributed by atoms with van der Waals surface area (Å²) in [7, 11) is 1.70. The maximum atomic E-state index is 14.0. The lowest BCUT2D eigenvalue weighted by molar-refractivity contribution is -0.0144. The monoisotopic (exact) mass is 284 g/mol. The van der Waals surface area contributed by atoms with Crippen molar-refractivity contribution in [1.29, 1.82) is 0 Å². The first kappa shape index (κ1) is 15.2. The van der Waals surface area contributed by atoms with E-state index in [0.717, 1.165) is 18.9 Å². The van der Waals surface area contributed by atoms with Crippen LogP contribution in [0.2, 0.25) is 0 Å². The first-order valence-corrected chi connectivity index (χ1v) is 6.96. The molecule has 1 saturated carbocycles. The highest BCUT2D eigenvalue weighted by Crippen LogP contribution is 2.36. The molecule has 20 heavy (non-hydrogen) atoms. The molecule has 1 aliphatic carbocycles. The fourth-order valence-electron chi connectivity index (χ4n) is 2.60. The second-order valence-corrected chi connectivity index (χ2v) is 6.52. The maximum Gasteiger partial charge on any atom is 0.133 e. The molecule has 0 aliphatic heterocycles. The van der Waals surface area contributed by atoms with Crippen molar-refractivity contribution in [3.63, 3.8) is 0 Å². The molecule has 112 valence electrons. The highest BCUT2D eigenvalue weighted by Gasteiger charge is 2.31. The van der Waals surface area contributed by atoms with Crippen LogP contribution >= 0.6 is 0 Å². The Morgan fingerprint density at radius 1 is 1.20 bits per heavy atom. The Bertz CT molecular complexity index is 474. The van der Waals surface area contributed by atoms with Gasteiger partial charge in [0.25, 0.3) is 0 Å². The van der Waals surface area contributed by atoms with Crippen LogP contribution in [0.25, 0.3) is 0 Å². The Hall–Kier alpha value is -1.16. The van der Waals surface area contributed by atoms with E-state index in [9.17, 15) is 8.78 Å². The van der Waals surface area contributed by atoms with Crippen molar-refractivity contribution in [3.8, 4) is 5.75 Å². The van der Waals surface area contributed by atoms with Gasteiger partial charge in [0.15, 0.2) is 0 Å². The molecule has 0 heterocycles.